The average Bonchev–Trinajstić information content (AvgIpc) is 2.71. The van der Waals surface area contributed by atoms with Gasteiger partial charge in [0.25, 0.3) is 0 Å². The Morgan fingerprint density at radius 1 is 1.24 bits per heavy atom. The SMILES string of the molecule is CCc1c(C)nn(-c2cccc(F)c2CNC(C)C)c1C. The van der Waals surface area contributed by atoms with Crippen molar-refractivity contribution in [2.45, 2.75) is 53.6 Å². The van der Waals surface area contributed by atoms with Crippen LogP contribution in [0.4, 0.5) is 4.39 Å². The van der Waals surface area contributed by atoms with E-state index in [-0.39, 0.29) is 5.82 Å². The van der Waals surface area contributed by atoms with Gasteiger partial charge in [-0.3, -0.25) is 0 Å². The third kappa shape index (κ3) is 3.16. The molecule has 1 aromatic carbocycles. The zero-order chi connectivity index (χ0) is 15.6. The van der Waals surface area contributed by atoms with E-state index in [2.05, 4.69) is 31.2 Å². The molecular weight excluding hydrogens is 265 g/mol. The van der Waals surface area contributed by atoms with Crippen LogP contribution < -0.4 is 5.32 Å². The van der Waals surface area contributed by atoms with E-state index in [1.807, 2.05) is 24.6 Å². The van der Waals surface area contributed by atoms with Crippen LogP contribution in [0.5, 0.6) is 0 Å². The minimum absolute atomic E-state index is 0.189. The molecule has 4 heteroatoms. The largest absolute Gasteiger partial charge is 0.310 e. The molecule has 0 saturated carbocycles. The number of nitrogens with zero attached hydrogens (tertiary/aromatic N) is 2. The Morgan fingerprint density at radius 2 is 1.95 bits per heavy atom. The molecule has 0 aliphatic rings. The molecule has 0 aliphatic carbocycles. The first-order chi connectivity index (χ1) is 9.95. The lowest BCUT2D eigenvalue weighted by molar-refractivity contribution is 0.549. The summed E-state index contributed by atoms with van der Waals surface area (Å²) in [5.74, 6) is -0.189. The summed E-state index contributed by atoms with van der Waals surface area (Å²) in [5.41, 5.74) is 4.83. The summed E-state index contributed by atoms with van der Waals surface area (Å²) in [4.78, 5) is 0. The molecule has 114 valence electrons. The van der Waals surface area contributed by atoms with E-state index in [4.69, 9.17) is 0 Å². The van der Waals surface area contributed by atoms with Crippen LogP contribution in [0.15, 0.2) is 18.2 Å². The van der Waals surface area contributed by atoms with Crippen molar-refractivity contribution in [3.63, 3.8) is 0 Å². The molecule has 0 atom stereocenters. The van der Waals surface area contributed by atoms with Crippen LogP contribution in [0.3, 0.4) is 0 Å². The Kier molecular flexibility index (Phi) is 4.78. The summed E-state index contributed by atoms with van der Waals surface area (Å²) in [6, 6.07) is 5.49. The van der Waals surface area contributed by atoms with E-state index in [9.17, 15) is 4.39 Å². The Balaban J connectivity index is 2.51. The first kappa shape index (κ1) is 15.7. The third-order valence-corrected chi connectivity index (χ3v) is 3.80. The monoisotopic (exact) mass is 289 g/mol. The Morgan fingerprint density at radius 3 is 2.52 bits per heavy atom. The fraction of sp³-hybridized carbons (Fsp3) is 0.471. The molecule has 1 heterocycles. The summed E-state index contributed by atoms with van der Waals surface area (Å²) < 4.78 is 16.1. The lowest BCUT2D eigenvalue weighted by Gasteiger charge is -2.15. The van der Waals surface area contributed by atoms with Crippen LogP contribution in [0, 0.1) is 19.7 Å². The maximum atomic E-state index is 14.2. The van der Waals surface area contributed by atoms with Crippen LogP contribution in [0.2, 0.25) is 0 Å². The van der Waals surface area contributed by atoms with Crippen molar-refractivity contribution >= 4 is 0 Å². The molecule has 0 aliphatic heterocycles. The fourth-order valence-electron chi connectivity index (χ4n) is 2.65. The topological polar surface area (TPSA) is 29.9 Å². The lowest BCUT2D eigenvalue weighted by Crippen LogP contribution is -2.23. The molecule has 1 N–H and O–H groups in total. The second kappa shape index (κ2) is 6.39. The molecule has 0 fully saturated rings. The molecule has 0 spiro atoms. The highest BCUT2D eigenvalue weighted by Crippen LogP contribution is 2.23. The van der Waals surface area contributed by atoms with Gasteiger partial charge in [0.1, 0.15) is 5.82 Å². The summed E-state index contributed by atoms with van der Waals surface area (Å²) in [7, 11) is 0. The first-order valence-corrected chi connectivity index (χ1v) is 7.51. The van der Waals surface area contributed by atoms with Crippen molar-refractivity contribution in [1.29, 1.82) is 0 Å². The van der Waals surface area contributed by atoms with E-state index in [0.29, 0.717) is 18.2 Å². The number of rotatable bonds is 5. The maximum Gasteiger partial charge on any atom is 0.129 e. The van der Waals surface area contributed by atoms with Crippen LogP contribution in [0.1, 0.15) is 43.3 Å². The highest BCUT2D eigenvalue weighted by molar-refractivity contribution is 5.44. The van der Waals surface area contributed by atoms with Gasteiger partial charge in [-0.15, -0.1) is 0 Å². The van der Waals surface area contributed by atoms with Gasteiger partial charge in [0.05, 0.1) is 11.4 Å². The van der Waals surface area contributed by atoms with Crippen LogP contribution in [-0.2, 0) is 13.0 Å². The molecule has 21 heavy (non-hydrogen) atoms. The van der Waals surface area contributed by atoms with E-state index in [1.165, 1.54) is 11.6 Å². The summed E-state index contributed by atoms with van der Waals surface area (Å²) >= 11 is 0. The van der Waals surface area contributed by atoms with Gasteiger partial charge in [-0.05, 0) is 38.0 Å². The van der Waals surface area contributed by atoms with Crippen molar-refractivity contribution in [2.24, 2.45) is 0 Å². The van der Waals surface area contributed by atoms with Gasteiger partial charge in [0, 0.05) is 23.8 Å². The van der Waals surface area contributed by atoms with Crippen LogP contribution >= 0.6 is 0 Å². The molecule has 0 saturated heterocycles. The van der Waals surface area contributed by atoms with E-state index in [0.717, 1.165) is 23.5 Å². The maximum absolute atomic E-state index is 14.2. The number of hydrogen-bond donors (Lipinski definition) is 1. The first-order valence-electron chi connectivity index (χ1n) is 7.51. The zero-order valence-electron chi connectivity index (χ0n) is 13.5. The summed E-state index contributed by atoms with van der Waals surface area (Å²) in [6.07, 6.45) is 0.937. The van der Waals surface area contributed by atoms with Crippen molar-refractivity contribution < 1.29 is 4.39 Å². The molecule has 2 aromatic rings. The predicted molar refractivity (Wildman–Crippen MR) is 84.3 cm³/mol. The van der Waals surface area contributed by atoms with Crippen molar-refractivity contribution in [3.05, 3.63) is 46.5 Å². The smallest absolute Gasteiger partial charge is 0.129 e. The minimum atomic E-state index is -0.189. The van der Waals surface area contributed by atoms with Crippen molar-refractivity contribution in [3.8, 4) is 5.69 Å². The normalized spacial score (nSPS) is 11.4. The van der Waals surface area contributed by atoms with Gasteiger partial charge in [-0.1, -0.05) is 26.8 Å². The quantitative estimate of drug-likeness (QED) is 0.910. The molecule has 0 radical (unpaired) electrons. The number of aryl methyl sites for hydroxylation is 1. The second-order valence-corrected chi connectivity index (χ2v) is 5.69. The van der Waals surface area contributed by atoms with Gasteiger partial charge in [0.15, 0.2) is 0 Å². The number of nitrogens with one attached hydrogen (secondary N) is 1. The predicted octanol–water partition coefficient (Wildman–Crippen LogP) is 3.69. The Labute approximate surface area is 126 Å². The van der Waals surface area contributed by atoms with E-state index < -0.39 is 0 Å². The molecule has 0 unspecified atom stereocenters. The molecule has 2 rings (SSSR count). The van der Waals surface area contributed by atoms with Gasteiger partial charge in [-0.25, -0.2) is 9.07 Å². The van der Waals surface area contributed by atoms with E-state index >= 15 is 0 Å². The molecule has 0 amide bonds. The standard InChI is InChI=1S/C17H24FN3/c1-6-14-12(4)20-21(13(14)5)17-9-7-8-16(18)15(17)10-19-11(2)3/h7-9,11,19H,6,10H2,1-5H3. The molecule has 1 aromatic heterocycles. The van der Waals surface area contributed by atoms with Gasteiger partial charge < -0.3 is 5.32 Å². The van der Waals surface area contributed by atoms with E-state index in [1.54, 1.807) is 6.07 Å². The van der Waals surface area contributed by atoms with Crippen molar-refractivity contribution in [1.82, 2.24) is 15.1 Å². The van der Waals surface area contributed by atoms with Crippen molar-refractivity contribution in [2.75, 3.05) is 0 Å². The number of benzene rings is 1. The highest BCUT2D eigenvalue weighted by Gasteiger charge is 2.16. The van der Waals surface area contributed by atoms with Crippen LogP contribution in [-0.4, -0.2) is 15.8 Å². The summed E-state index contributed by atoms with van der Waals surface area (Å²) in [5, 5.41) is 7.89. The third-order valence-electron chi connectivity index (χ3n) is 3.80. The number of hydrogen-bond acceptors (Lipinski definition) is 2. The van der Waals surface area contributed by atoms with Gasteiger partial charge >= 0.3 is 0 Å². The highest BCUT2D eigenvalue weighted by atomic mass is 19.1. The fourth-order valence-corrected chi connectivity index (χ4v) is 2.65. The summed E-state index contributed by atoms with van der Waals surface area (Å²) in [6.45, 7) is 10.8. The minimum Gasteiger partial charge on any atom is -0.310 e. The van der Waals surface area contributed by atoms with Gasteiger partial charge in [0.2, 0.25) is 0 Å². The van der Waals surface area contributed by atoms with Crippen LogP contribution in [0.25, 0.3) is 5.69 Å². The number of halogens is 1. The lowest BCUT2D eigenvalue weighted by atomic mass is 10.1. The number of aromatic nitrogens is 2. The molecule has 3 nitrogen and oxygen atoms in total. The Hall–Kier alpha value is -1.68. The zero-order valence-corrected chi connectivity index (χ0v) is 13.5. The Bertz CT molecular complexity index is 629. The molecule has 0 bridgehead atoms. The average molecular weight is 289 g/mol. The second-order valence-electron chi connectivity index (χ2n) is 5.69. The van der Waals surface area contributed by atoms with Gasteiger partial charge in [-0.2, -0.15) is 5.10 Å². The molecular formula is C17H24FN3.